The fourth-order valence-electron chi connectivity index (χ4n) is 3.23. The number of hydrogen-bond donors (Lipinski definition) is 2. The molecule has 1 aromatic heterocycles. The largest absolute Gasteiger partial charge is 0.280 e. The molecule has 0 amide bonds. The Morgan fingerprint density at radius 1 is 0.967 bits per heavy atom. The Hall–Kier alpha value is -3.01. The van der Waals surface area contributed by atoms with Gasteiger partial charge in [-0.2, -0.15) is 0 Å². The van der Waals surface area contributed by atoms with Crippen LogP contribution in [0.25, 0.3) is 22.0 Å². The second-order valence-corrected chi connectivity index (χ2v) is 8.63. The van der Waals surface area contributed by atoms with E-state index in [2.05, 4.69) is 5.10 Å². The topological polar surface area (TPSA) is 98.0 Å². The molecular weight excluding hydrogens is 436 g/mol. The van der Waals surface area contributed by atoms with Gasteiger partial charge in [0.05, 0.1) is 22.5 Å². The molecule has 1 heterocycles. The highest BCUT2D eigenvalue weighted by Crippen LogP contribution is 2.29. The van der Waals surface area contributed by atoms with Gasteiger partial charge in [-0.25, -0.2) is 22.3 Å². The number of fused-ring (bicyclic) bond motifs is 1. The number of H-pyrrole nitrogens is 1. The van der Waals surface area contributed by atoms with Crippen LogP contribution in [-0.4, -0.2) is 18.2 Å². The third kappa shape index (κ3) is 3.74. The van der Waals surface area contributed by atoms with Crippen LogP contribution in [0.1, 0.15) is 5.56 Å². The molecule has 0 unspecified atom stereocenters. The molecule has 6 nitrogen and oxygen atoms in total. The summed E-state index contributed by atoms with van der Waals surface area (Å²) in [5, 5.41) is 8.15. The van der Waals surface area contributed by atoms with Gasteiger partial charge in [-0.15, -0.1) is 0 Å². The zero-order valence-corrected chi connectivity index (χ0v) is 16.8. The Bertz CT molecular complexity index is 1460. The molecule has 0 bridgehead atoms. The molecule has 0 aliphatic heterocycles. The molecule has 4 aromatic rings. The van der Waals surface area contributed by atoms with Crippen LogP contribution in [0, 0.1) is 11.6 Å². The maximum atomic E-state index is 13.5. The van der Waals surface area contributed by atoms with Crippen molar-refractivity contribution in [2.75, 3.05) is 0 Å². The van der Waals surface area contributed by atoms with E-state index >= 15 is 0 Å². The first-order valence-corrected chi connectivity index (χ1v) is 10.5. The van der Waals surface area contributed by atoms with Crippen LogP contribution < -0.4 is 10.7 Å². The van der Waals surface area contributed by atoms with E-state index in [-0.39, 0.29) is 22.0 Å². The van der Waals surface area contributed by atoms with Crippen molar-refractivity contribution in [2.45, 2.75) is 11.4 Å². The van der Waals surface area contributed by atoms with Crippen molar-refractivity contribution in [3.8, 4) is 11.1 Å². The summed E-state index contributed by atoms with van der Waals surface area (Å²) in [6.45, 7) is 0.143. The number of halogens is 3. The molecule has 0 fully saturated rings. The highest BCUT2D eigenvalue weighted by molar-refractivity contribution is 7.89. The fourth-order valence-corrected chi connectivity index (χ4v) is 4.32. The average Bonchev–Trinajstić information content (AvgIpc) is 2.98. The van der Waals surface area contributed by atoms with E-state index in [1.54, 1.807) is 24.3 Å². The summed E-state index contributed by atoms with van der Waals surface area (Å²) in [7, 11) is -3.95. The summed E-state index contributed by atoms with van der Waals surface area (Å²) in [5.41, 5.74) is 1.93. The molecule has 0 aliphatic carbocycles. The number of nitrogens with one attached hydrogen (secondary N) is 1. The van der Waals surface area contributed by atoms with E-state index in [1.807, 2.05) is 0 Å². The quantitative estimate of drug-likeness (QED) is 0.497. The number of sulfonamides is 1. The third-order valence-electron chi connectivity index (χ3n) is 4.66. The maximum absolute atomic E-state index is 13.5. The number of nitrogens with two attached hydrogens (primary N) is 1. The lowest BCUT2D eigenvalue weighted by Gasteiger charge is -2.08. The van der Waals surface area contributed by atoms with Gasteiger partial charge in [0.25, 0.3) is 5.56 Å². The summed E-state index contributed by atoms with van der Waals surface area (Å²) in [4.78, 5) is 12.2. The lowest BCUT2D eigenvalue weighted by atomic mass is 10.0. The zero-order valence-electron chi connectivity index (χ0n) is 15.2. The average molecular weight is 450 g/mol. The monoisotopic (exact) mass is 449 g/mol. The Morgan fingerprint density at radius 3 is 2.33 bits per heavy atom. The minimum atomic E-state index is -3.95. The number of rotatable bonds is 4. The van der Waals surface area contributed by atoms with Gasteiger partial charge in [-0.05, 0) is 53.1 Å². The molecule has 0 atom stereocenters. The standard InChI is InChI=1S/C20H14ClF2N3O3S/c21-15-9-13(3-6-19(15)30(24,28)29)12-2-5-18-14(8-12)20(27)25-26(18)10-11-1-4-16(22)17(23)7-11/h1-9H,10H2,(H,25,27)(H2,24,28,29). The number of primary sulfonamides is 1. The number of benzene rings is 3. The van der Waals surface area contributed by atoms with Crippen LogP contribution in [0.2, 0.25) is 5.02 Å². The van der Waals surface area contributed by atoms with Crippen LogP contribution in [0.15, 0.2) is 64.3 Å². The molecule has 30 heavy (non-hydrogen) atoms. The van der Waals surface area contributed by atoms with Crippen LogP contribution in [0.4, 0.5) is 8.78 Å². The predicted molar refractivity (Wildman–Crippen MR) is 110 cm³/mol. The van der Waals surface area contributed by atoms with Gasteiger partial charge in [0.2, 0.25) is 10.0 Å². The molecule has 0 saturated carbocycles. The SMILES string of the molecule is NS(=O)(=O)c1ccc(-c2ccc3c(c2)c(=O)[nH]n3Cc2ccc(F)c(F)c2)cc1Cl. The van der Waals surface area contributed by atoms with Crippen molar-refractivity contribution in [1.82, 2.24) is 9.78 Å². The summed E-state index contributed by atoms with van der Waals surface area (Å²) in [5.74, 6) is -1.91. The first kappa shape index (κ1) is 20.3. The van der Waals surface area contributed by atoms with E-state index < -0.39 is 21.7 Å². The van der Waals surface area contributed by atoms with E-state index in [9.17, 15) is 22.0 Å². The van der Waals surface area contributed by atoms with Crippen molar-refractivity contribution in [2.24, 2.45) is 5.14 Å². The normalized spacial score (nSPS) is 11.9. The van der Waals surface area contributed by atoms with Crippen LogP contribution >= 0.6 is 11.6 Å². The van der Waals surface area contributed by atoms with Crippen molar-refractivity contribution in [1.29, 1.82) is 0 Å². The van der Waals surface area contributed by atoms with Gasteiger partial charge < -0.3 is 0 Å². The van der Waals surface area contributed by atoms with E-state index in [4.69, 9.17) is 16.7 Å². The van der Waals surface area contributed by atoms with Crippen molar-refractivity contribution >= 4 is 32.5 Å². The Morgan fingerprint density at radius 2 is 1.67 bits per heavy atom. The summed E-state index contributed by atoms with van der Waals surface area (Å²) < 4.78 is 51.2. The molecule has 154 valence electrons. The number of hydrogen-bond acceptors (Lipinski definition) is 3. The van der Waals surface area contributed by atoms with Gasteiger partial charge in [0, 0.05) is 0 Å². The van der Waals surface area contributed by atoms with Crippen LogP contribution in [0.3, 0.4) is 0 Å². The molecule has 10 heteroatoms. The highest BCUT2D eigenvalue weighted by atomic mass is 35.5. The zero-order chi connectivity index (χ0) is 21.6. The lowest BCUT2D eigenvalue weighted by molar-refractivity contribution is 0.506. The van der Waals surface area contributed by atoms with Gasteiger partial charge in [0.15, 0.2) is 11.6 Å². The second kappa shape index (κ2) is 7.35. The number of nitrogens with zero attached hydrogens (tertiary/aromatic N) is 1. The summed E-state index contributed by atoms with van der Waals surface area (Å²) >= 11 is 6.04. The minimum Gasteiger partial charge on any atom is -0.280 e. The molecular formula is C20H14ClF2N3O3S. The van der Waals surface area contributed by atoms with Crippen LogP contribution in [0.5, 0.6) is 0 Å². The third-order valence-corrected chi connectivity index (χ3v) is 6.06. The van der Waals surface area contributed by atoms with E-state index in [1.165, 1.54) is 22.9 Å². The molecule has 0 spiro atoms. The number of aromatic amines is 1. The Labute approximate surface area is 174 Å². The van der Waals surface area contributed by atoms with E-state index in [0.717, 1.165) is 12.1 Å². The maximum Gasteiger partial charge on any atom is 0.272 e. The molecule has 3 aromatic carbocycles. The molecule has 0 aliphatic rings. The number of aromatic nitrogens is 2. The van der Waals surface area contributed by atoms with E-state index in [0.29, 0.717) is 27.6 Å². The lowest BCUT2D eigenvalue weighted by Crippen LogP contribution is -2.12. The molecule has 0 radical (unpaired) electrons. The van der Waals surface area contributed by atoms with Gasteiger partial charge in [-0.3, -0.25) is 14.6 Å². The fraction of sp³-hybridized carbons (Fsp3) is 0.0500. The van der Waals surface area contributed by atoms with Gasteiger partial charge >= 0.3 is 0 Å². The highest BCUT2D eigenvalue weighted by Gasteiger charge is 2.15. The van der Waals surface area contributed by atoms with Crippen molar-refractivity contribution < 1.29 is 17.2 Å². The minimum absolute atomic E-state index is 0.0279. The van der Waals surface area contributed by atoms with Crippen LogP contribution in [-0.2, 0) is 16.6 Å². The van der Waals surface area contributed by atoms with Gasteiger partial charge in [-0.1, -0.05) is 29.8 Å². The van der Waals surface area contributed by atoms with Crippen molar-refractivity contribution in [3.05, 3.63) is 87.2 Å². The Balaban J connectivity index is 1.74. The molecule has 4 rings (SSSR count). The Kier molecular flexibility index (Phi) is 4.97. The van der Waals surface area contributed by atoms with Gasteiger partial charge in [0.1, 0.15) is 4.90 Å². The molecule has 3 N–H and O–H groups in total. The van der Waals surface area contributed by atoms with Crippen molar-refractivity contribution in [3.63, 3.8) is 0 Å². The predicted octanol–water partition coefficient (Wildman–Crippen LogP) is 3.62. The first-order valence-electron chi connectivity index (χ1n) is 8.63. The smallest absolute Gasteiger partial charge is 0.272 e. The first-order chi connectivity index (χ1) is 14.1. The molecule has 0 saturated heterocycles. The second-order valence-electron chi connectivity index (χ2n) is 6.70. The summed E-state index contributed by atoms with van der Waals surface area (Å²) in [6, 6.07) is 12.9. The summed E-state index contributed by atoms with van der Waals surface area (Å²) in [6.07, 6.45) is 0.